The minimum Gasteiger partial charge on any atom is -0.311 e. The van der Waals surface area contributed by atoms with Gasteiger partial charge in [0.2, 0.25) is 0 Å². The van der Waals surface area contributed by atoms with Crippen LogP contribution in [-0.2, 0) is 4.79 Å². The molecule has 2 nitrogen and oxygen atoms in total. The zero-order valence-corrected chi connectivity index (χ0v) is 15.4. The molecule has 5 aliphatic rings. The number of allylic oxidation sites excluding steroid dienone is 1. The predicted octanol–water partition coefficient (Wildman–Crippen LogP) is 4.64. The zero-order valence-electron chi connectivity index (χ0n) is 15.4. The molecule has 0 heterocycles. The summed E-state index contributed by atoms with van der Waals surface area (Å²) in [5.41, 5.74) is 2.38. The number of nitrogens with one attached hydrogen (secondary N) is 1. The molecule has 0 radical (unpaired) electrons. The number of carbonyl (C=O) groups is 1. The van der Waals surface area contributed by atoms with Gasteiger partial charge in [0.15, 0.2) is 5.78 Å². The van der Waals surface area contributed by atoms with E-state index in [1.165, 1.54) is 56.9 Å². The smallest absolute Gasteiger partial charge is 0.155 e. The second kappa shape index (κ2) is 5.19. The van der Waals surface area contributed by atoms with Crippen LogP contribution in [0.2, 0.25) is 0 Å². The molecule has 0 aromatic heterocycles. The molecule has 0 aromatic carbocycles. The number of hydrogen-bond donors (Lipinski definition) is 1. The van der Waals surface area contributed by atoms with Gasteiger partial charge >= 0.3 is 0 Å². The summed E-state index contributed by atoms with van der Waals surface area (Å²) in [6.45, 7) is 5.11. The van der Waals surface area contributed by atoms with Gasteiger partial charge in [-0.05, 0) is 92.4 Å². The lowest BCUT2D eigenvalue weighted by Gasteiger charge is -2.58. The van der Waals surface area contributed by atoms with Gasteiger partial charge in [-0.2, -0.15) is 0 Å². The van der Waals surface area contributed by atoms with Crippen LogP contribution in [0.4, 0.5) is 0 Å². The maximum Gasteiger partial charge on any atom is 0.155 e. The number of fused-ring (bicyclic) bond motifs is 5. The van der Waals surface area contributed by atoms with Crippen molar-refractivity contribution >= 4 is 5.78 Å². The molecule has 24 heavy (non-hydrogen) atoms. The van der Waals surface area contributed by atoms with Gasteiger partial charge in [-0.25, -0.2) is 0 Å². The van der Waals surface area contributed by atoms with E-state index in [4.69, 9.17) is 0 Å². The van der Waals surface area contributed by atoms with Crippen LogP contribution in [0, 0.1) is 28.6 Å². The summed E-state index contributed by atoms with van der Waals surface area (Å²) in [6.07, 6.45) is 14.9. The second-order valence-electron chi connectivity index (χ2n) is 10.1. The van der Waals surface area contributed by atoms with E-state index in [-0.39, 0.29) is 0 Å². The Kier molecular flexibility index (Phi) is 3.38. The lowest BCUT2D eigenvalue weighted by atomic mass is 9.47. The first-order chi connectivity index (χ1) is 11.5. The van der Waals surface area contributed by atoms with Gasteiger partial charge in [-0.1, -0.05) is 19.4 Å². The highest BCUT2D eigenvalue weighted by Crippen LogP contribution is 2.65. The van der Waals surface area contributed by atoms with Gasteiger partial charge in [0.1, 0.15) is 0 Å². The van der Waals surface area contributed by atoms with Gasteiger partial charge in [0, 0.05) is 18.5 Å². The minimum atomic E-state index is 0.333. The van der Waals surface area contributed by atoms with E-state index in [0.717, 1.165) is 42.7 Å². The van der Waals surface area contributed by atoms with E-state index in [9.17, 15) is 4.79 Å². The molecule has 2 heteroatoms. The first kappa shape index (κ1) is 15.6. The third kappa shape index (κ3) is 2.14. The fourth-order valence-corrected chi connectivity index (χ4v) is 7.37. The van der Waals surface area contributed by atoms with Crippen LogP contribution in [0.3, 0.4) is 0 Å². The topological polar surface area (TPSA) is 29.1 Å². The molecule has 1 unspecified atom stereocenters. The molecule has 5 aliphatic carbocycles. The highest BCUT2D eigenvalue weighted by Gasteiger charge is 2.59. The Morgan fingerprint density at radius 2 is 1.79 bits per heavy atom. The molecule has 0 aliphatic heterocycles. The molecule has 0 amide bonds. The lowest BCUT2D eigenvalue weighted by Crippen LogP contribution is -2.53. The van der Waals surface area contributed by atoms with Gasteiger partial charge in [-0.3, -0.25) is 4.79 Å². The van der Waals surface area contributed by atoms with Crippen LogP contribution in [0.15, 0.2) is 11.6 Å². The Labute approximate surface area is 146 Å². The molecule has 4 saturated carbocycles. The van der Waals surface area contributed by atoms with Crippen molar-refractivity contribution < 1.29 is 4.79 Å². The van der Waals surface area contributed by atoms with E-state index in [1.807, 2.05) is 6.08 Å². The molecule has 0 saturated heterocycles. The zero-order chi connectivity index (χ0) is 16.5. The summed E-state index contributed by atoms with van der Waals surface area (Å²) in [4.78, 5) is 11.9. The molecule has 0 aromatic rings. The van der Waals surface area contributed by atoms with Crippen LogP contribution in [-0.4, -0.2) is 17.9 Å². The summed E-state index contributed by atoms with van der Waals surface area (Å²) < 4.78 is 0. The minimum absolute atomic E-state index is 0.333. The predicted molar refractivity (Wildman–Crippen MR) is 96.7 cm³/mol. The molecule has 132 valence electrons. The fourth-order valence-electron chi connectivity index (χ4n) is 7.37. The van der Waals surface area contributed by atoms with Crippen molar-refractivity contribution in [2.24, 2.45) is 28.6 Å². The van der Waals surface area contributed by atoms with Crippen molar-refractivity contribution in [2.75, 3.05) is 0 Å². The summed E-state index contributed by atoms with van der Waals surface area (Å²) in [5, 5.41) is 4.00. The third-order valence-corrected chi connectivity index (χ3v) is 8.98. The average Bonchev–Trinajstić information content (AvgIpc) is 3.31. The largest absolute Gasteiger partial charge is 0.311 e. The molecule has 0 bridgehead atoms. The Morgan fingerprint density at radius 3 is 2.58 bits per heavy atom. The standard InChI is InChI=1S/C22H33NO/c1-21-11-9-16(24)13-14(21)3-6-17-18-7-8-20(23-15-4-5-15)22(18,2)12-10-19(17)21/h13,15,17-20,23H,3-12H2,1-2H3/t17-,18-,19+,20?,21-,22-/m0/s1. The Bertz CT molecular complexity index is 591. The first-order valence-electron chi connectivity index (χ1n) is 10.5. The van der Waals surface area contributed by atoms with E-state index in [0.29, 0.717) is 16.6 Å². The average molecular weight is 328 g/mol. The Hall–Kier alpha value is -0.630. The van der Waals surface area contributed by atoms with Gasteiger partial charge in [0.05, 0.1) is 0 Å². The Balaban J connectivity index is 1.42. The van der Waals surface area contributed by atoms with Gasteiger partial charge in [-0.15, -0.1) is 0 Å². The maximum atomic E-state index is 11.9. The maximum absolute atomic E-state index is 11.9. The monoisotopic (exact) mass is 327 g/mol. The summed E-state index contributed by atoms with van der Waals surface area (Å²) in [6, 6.07) is 1.61. The summed E-state index contributed by atoms with van der Waals surface area (Å²) in [5.74, 6) is 3.05. The van der Waals surface area contributed by atoms with Gasteiger partial charge < -0.3 is 5.32 Å². The van der Waals surface area contributed by atoms with Crippen molar-refractivity contribution in [3.63, 3.8) is 0 Å². The molecule has 0 spiro atoms. The van der Waals surface area contributed by atoms with Crippen LogP contribution >= 0.6 is 0 Å². The van der Waals surface area contributed by atoms with Crippen molar-refractivity contribution in [2.45, 2.75) is 90.1 Å². The fraction of sp³-hybridized carbons (Fsp3) is 0.864. The first-order valence-corrected chi connectivity index (χ1v) is 10.5. The van der Waals surface area contributed by atoms with Crippen LogP contribution in [0.25, 0.3) is 0 Å². The number of ketones is 1. The van der Waals surface area contributed by atoms with Crippen LogP contribution < -0.4 is 5.32 Å². The van der Waals surface area contributed by atoms with Crippen molar-refractivity contribution in [3.05, 3.63) is 11.6 Å². The van der Waals surface area contributed by atoms with E-state index >= 15 is 0 Å². The lowest BCUT2D eigenvalue weighted by molar-refractivity contribution is -0.117. The Morgan fingerprint density at radius 1 is 0.958 bits per heavy atom. The molecule has 4 fully saturated rings. The quantitative estimate of drug-likeness (QED) is 0.800. The molecular formula is C22H33NO. The van der Waals surface area contributed by atoms with Crippen LogP contribution in [0.1, 0.15) is 78.1 Å². The number of rotatable bonds is 2. The molecule has 5 rings (SSSR count). The van der Waals surface area contributed by atoms with Gasteiger partial charge in [0.25, 0.3) is 0 Å². The van der Waals surface area contributed by atoms with Crippen molar-refractivity contribution in [1.82, 2.24) is 5.32 Å². The molecule has 6 atom stereocenters. The SMILES string of the molecule is C[C@]12CCC(=O)C=C1CC[C@@H]1[C@H]2CC[C@]2(C)C(NC3CC3)CC[C@@H]12. The highest BCUT2D eigenvalue weighted by atomic mass is 16.1. The van der Waals surface area contributed by atoms with Crippen molar-refractivity contribution in [1.29, 1.82) is 0 Å². The second-order valence-corrected chi connectivity index (χ2v) is 10.1. The van der Waals surface area contributed by atoms with Crippen molar-refractivity contribution in [3.8, 4) is 0 Å². The van der Waals surface area contributed by atoms with E-state index in [2.05, 4.69) is 19.2 Å². The summed E-state index contributed by atoms with van der Waals surface area (Å²) >= 11 is 0. The van der Waals surface area contributed by atoms with Crippen LogP contribution in [0.5, 0.6) is 0 Å². The molecular weight excluding hydrogens is 294 g/mol. The van der Waals surface area contributed by atoms with E-state index in [1.54, 1.807) is 0 Å². The van der Waals surface area contributed by atoms with E-state index < -0.39 is 0 Å². The normalized spacial score (nSPS) is 50.8. The number of carbonyl (C=O) groups excluding carboxylic acids is 1. The number of hydrogen-bond acceptors (Lipinski definition) is 2. The highest BCUT2D eigenvalue weighted by molar-refractivity contribution is 5.91. The summed E-state index contributed by atoms with van der Waals surface area (Å²) in [7, 11) is 0. The molecule has 1 N–H and O–H groups in total. The third-order valence-electron chi connectivity index (χ3n) is 8.98.